The van der Waals surface area contributed by atoms with E-state index in [1.165, 1.54) is 12.0 Å². The molecule has 6 nitrogen and oxygen atoms in total. The van der Waals surface area contributed by atoms with Crippen molar-refractivity contribution in [3.63, 3.8) is 0 Å². The first-order valence-corrected chi connectivity index (χ1v) is 7.77. The van der Waals surface area contributed by atoms with E-state index in [1.807, 2.05) is 13.8 Å². The molecule has 0 atom stereocenters. The number of amides is 2. The van der Waals surface area contributed by atoms with Gasteiger partial charge in [-0.3, -0.25) is 14.4 Å². The number of benzene rings is 1. The van der Waals surface area contributed by atoms with E-state index < -0.39 is 11.7 Å². The number of ketones is 1. The molecule has 23 heavy (non-hydrogen) atoms. The lowest BCUT2D eigenvalue weighted by Crippen LogP contribution is -2.44. The fraction of sp³-hybridized carbons (Fsp3) is 0.471. The Morgan fingerprint density at radius 2 is 1.74 bits per heavy atom. The molecule has 0 saturated heterocycles. The Morgan fingerprint density at radius 3 is 2.26 bits per heavy atom. The minimum atomic E-state index is -0.663. The molecule has 0 aliphatic carbocycles. The maximum Gasteiger partial charge on any atom is 0.295 e. The molecule has 1 aromatic rings. The van der Waals surface area contributed by atoms with Gasteiger partial charge in [0.15, 0.2) is 0 Å². The quantitative estimate of drug-likeness (QED) is 0.554. The number of rotatable bonds is 9. The number of methoxy groups -OCH3 is 1. The normalized spacial score (nSPS) is 10.0. The summed E-state index contributed by atoms with van der Waals surface area (Å²) in [5, 5.41) is 2.71. The van der Waals surface area contributed by atoms with Crippen LogP contribution in [0.5, 0.6) is 5.75 Å². The summed E-state index contributed by atoms with van der Waals surface area (Å²) in [6, 6.07) is 6.33. The molecule has 1 rings (SSSR count). The number of hydrogen-bond donors (Lipinski definition) is 1. The van der Waals surface area contributed by atoms with Gasteiger partial charge in [0.05, 0.1) is 13.7 Å². The van der Waals surface area contributed by atoms with Crippen LogP contribution in [-0.2, 0) is 9.59 Å². The van der Waals surface area contributed by atoms with Crippen molar-refractivity contribution in [2.24, 2.45) is 0 Å². The number of ether oxygens (including phenoxy) is 1. The third-order valence-electron chi connectivity index (χ3n) is 3.23. The Kier molecular flexibility index (Phi) is 7.80. The van der Waals surface area contributed by atoms with E-state index in [4.69, 9.17) is 4.74 Å². The second kappa shape index (κ2) is 9.61. The molecular formula is C17H24N2O4. The van der Waals surface area contributed by atoms with E-state index in [0.29, 0.717) is 25.3 Å². The van der Waals surface area contributed by atoms with Crippen molar-refractivity contribution in [1.82, 2.24) is 10.2 Å². The van der Waals surface area contributed by atoms with E-state index in [1.54, 1.807) is 24.3 Å². The van der Waals surface area contributed by atoms with Gasteiger partial charge in [0.25, 0.3) is 5.91 Å². The van der Waals surface area contributed by atoms with Gasteiger partial charge in [-0.1, -0.05) is 13.8 Å². The molecule has 0 radical (unpaired) electrons. The van der Waals surface area contributed by atoms with Gasteiger partial charge in [0, 0.05) is 18.7 Å². The third kappa shape index (κ3) is 5.73. The van der Waals surface area contributed by atoms with E-state index >= 15 is 0 Å². The Labute approximate surface area is 136 Å². The Hall–Kier alpha value is -2.37. The lowest BCUT2D eigenvalue weighted by Gasteiger charge is -2.20. The predicted molar refractivity (Wildman–Crippen MR) is 87.5 cm³/mol. The van der Waals surface area contributed by atoms with Crippen LogP contribution < -0.4 is 10.1 Å². The average molecular weight is 320 g/mol. The Morgan fingerprint density at radius 1 is 1.09 bits per heavy atom. The highest BCUT2D eigenvalue weighted by Gasteiger charge is 2.24. The molecule has 0 aliphatic heterocycles. The van der Waals surface area contributed by atoms with Crippen LogP contribution in [0.1, 0.15) is 37.0 Å². The lowest BCUT2D eigenvalue weighted by atomic mass is 10.1. The summed E-state index contributed by atoms with van der Waals surface area (Å²) in [4.78, 5) is 37.7. The molecule has 0 bridgehead atoms. The van der Waals surface area contributed by atoms with Crippen LogP contribution in [-0.4, -0.2) is 49.2 Å². The summed E-state index contributed by atoms with van der Waals surface area (Å²) in [5.74, 6) is -0.928. The van der Waals surface area contributed by atoms with Crippen molar-refractivity contribution in [2.75, 3.05) is 26.7 Å². The molecule has 0 saturated carbocycles. The highest BCUT2D eigenvalue weighted by Crippen LogP contribution is 2.12. The van der Waals surface area contributed by atoms with Gasteiger partial charge in [-0.15, -0.1) is 0 Å². The highest BCUT2D eigenvalue weighted by molar-refractivity contribution is 6.42. The summed E-state index contributed by atoms with van der Waals surface area (Å²) >= 11 is 0. The maximum absolute atomic E-state index is 12.4. The molecule has 6 heteroatoms. The van der Waals surface area contributed by atoms with Gasteiger partial charge in [-0.05, 0) is 37.1 Å². The Bertz CT molecular complexity index is 540. The van der Waals surface area contributed by atoms with Crippen molar-refractivity contribution in [3.8, 4) is 5.75 Å². The number of nitrogens with one attached hydrogen (secondary N) is 1. The van der Waals surface area contributed by atoms with Crippen molar-refractivity contribution < 1.29 is 19.1 Å². The van der Waals surface area contributed by atoms with Gasteiger partial charge in [0.2, 0.25) is 11.7 Å². The van der Waals surface area contributed by atoms with Crippen LogP contribution in [0.2, 0.25) is 0 Å². The number of Topliss-reactive ketones (excluding diaryl/α,β-unsaturated/α-hetero) is 1. The average Bonchev–Trinajstić information content (AvgIpc) is 2.58. The van der Waals surface area contributed by atoms with Crippen LogP contribution in [0, 0.1) is 0 Å². The van der Waals surface area contributed by atoms with Crippen molar-refractivity contribution in [2.45, 2.75) is 26.7 Å². The first kappa shape index (κ1) is 18.7. The zero-order chi connectivity index (χ0) is 17.2. The third-order valence-corrected chi connectivity index (χ3v) is 3.23. The van der Waals surface area contributed by atoms with Crippen molar-refractivity contribution >= 4 is 17.6 Å². The van der Waals surface area contributed by atoms with Crippen molar-refractivity contribution in [3.05, 3.63) is 29.8 Å². The standard InChI is InChI=1S/C17H24N2O4/c1-4-10-18-15(20)12-19(11-5-2)17(22)16(21)13-6-8-14(23-3)9-7-13/h6-9H,4-5,10-12H2,1-3H3,(H,18,20). The predicted octanol–water partition coefficient (Wildman–Crippen LogP) is 1.64. The molecule has 126 valence electrons. The van der Waals surface area contributed by atoms with Crippen LogP contribution in [0.25, 0.3) is 0 Å². The molecule has 1 aromatic carbocycles. The second-order valence-electron chi connectivity index (χ2n) is 5.13. The number of carbonyl (C=O) groups excluding carboxylic acids is 3. The van der Waals surface area contributed by atoms with E-state index in [9.17, 15) is 14.4 Å². The largest absolute Gasteiger partial charge is 0.497 e. The maximum atomic E-state index is 12.4. The summed E-state index contributed by atoms with van der Waals surface area (Å²) in [6.45, 7) is 4.65. The molecule has 0 unspecified atom stereocenters. The SMILES string of the molecule is CCCNC(=O)CN(CCC)C(=O)C(=O)c1ccc(OC)cc1. The van der Waals surface area contributed by atoms with Gasteiger partial charge >= 0.3 is 0 Å². The fourth-order valence-corrected chi connectivity index (χ4v) is 2.03. The minimum Gasteiger partial charge on any atom is -0.497 e. The summed E-state index contributed by atoms with van der Waals surface area (Å²) in [6.07, 6.45) is 1.49. The van der Waals surface area contributed by atoms with E-state index in [0.717, 1.165) is 6.42 Å². The van der Waals surface area contributed by atoms with Gasteiger partial charge in [-0.25, -0.2) is 0 Å². The zero-order valence-electron chi connectivity index (χ0n) is 13.9. The first-order chi connectivity index (χ1) is 11.0. The summed E-state index contributed by atoms with van der Waals surface area (Å²) < 4.78 is 5.03. The second-order valence-corrected chi connectivity index (χ2v) is 5.13. The molecule has 0 fully saturated rings. The van der Waals surface area contributed by atoms with Crippen molar-refractivity contribution in [1.29, 1.82) is 0 Å². The molecule has 0 aliphatic rings. The fourth-order valence-electron chi connectivity index (χ4n) is 2.03. The smallest absolute Gasteiger partial charge is 0.295 e. The van der Waals surface area contributed by atoms with Crippen LogP contribution >= 0.6 is 0 Å². The molecule has 1 N–H and O–H groups in total. The topological polar surface area (TPSA) is 75.7 Å². The molecular weight excluding hydrogens is 296 g/mol. The Balaban J connectivity index is 2.78. The molecule has 0 spiro atoms. The first-order valence-electron chi connectivity index (χ1n) is 7.77. The van der Waals surface area contributed by atoms with Gasteiger partial charge < -0.3 is 15.0 Å². The number of hydrogen-bond acceptors (Lipinski definition) is 4. The van der Waals surface area contributed by atoms with Crippen LogP contribution in [0.3, 0.4) is 0 Å². The molecule has 0 heterocycles. The molecule has 0 aromatic heterocycles. The highest BCUT2D eigenvalue weighted by atomic mass is 16.5. The minimum absolute atomic E-state index is 0.103. The van der Waals surface area contributed by atoms with E-state index in [-0.39, 0.29) is 18.0 Å². The summed E-state index contributed by atoms with van der Waals surface area (Å²) in [5.41, 5.74) is 0.283. The lowest BCUT2D eigenvalue weighted by molar-refractivity contribution is -0.132. The summed E-state index contributed by atoms with van der Waals surface area (Å²) in [7, 11) is 1.53. The van der Waals surface area contributed by atoms with Crippen LogP contribution in [0.4, 0.5) is 0 Å². The van der Waals surface area contributed by atoms with Gasteiger partial charge in [0.1, 0.15) is 5.75 Å². The van der Waals surface area contributed by atoms with Gasteiger partial charge in [-0.2, -0.15) is 0 Å². The number of nitrogens with zero attached hydrogens (tertiary/aromatic N) is 1. The van der Waals surface area contributed by atoms with Crippen LogP contribution in [0.15, 0.2) is 24.3 Å². The molecule has 2 amide bonds. The monoisotopic (exact) mass is 320 g/mol. The number of carbonyl (C=O) groups is 3. The zero-order valence-corrected chi connectivity index (χ0v) is 13.9. The van der Waals surface area contributed by atoms with E-state index in [2.05, 4.69) is 5.32 Å².